The maximum Gasteiger partial charge on any atom is 0.255 e. The first-order valence-electron chi connectivity index (χ1n) is 9.21. The molecule has 3 heterocycles. The molecule has 3 aromatic rings. The van der Waals surface area contributed by atoms with E-state index in [1.54, 1.807) is 41.6 Å². The van der Waals surface area contributed by atoms with Gasteiger partial charge in [0.2, 0.25) is 0 Å². The molecule has 1 atom stereocenters. The van der Waals surface area contributed by atoms with Crippen molar-refractivity contribution in [3.05, 3.63) is 95.3 Å². The predicted octanol–water partition coefficient (Wildman–Crippen LogP) is 3.42. The van der Waals surface area contributed by atoms with Gasteiger partial charge < -0.3 is 9.64 Å². The average Bonchev–Trinajstić information content (AvgIpc) is 2.76. The van der Waals surface area contributed by atoms with Gasteiger partial charge in [-0.15, -0.1) is 0 Å². The first kappa shape index (κ1) is 18.3. The van der Waals surface area contributed by atoms with Gasteiger partial charge in [0.25, 0.3) is 5.91 Å². The molecule has 0 aliphatic carbocycles. The molecule has 1 fully saturated rings. The third-order valence-corrected chi connectivity index (χ3v) is 4.75. The number of amides is 1. The van der Waals surface area contributed by atoms with Gasteiger partial charge in [-0.25, -0.2) is 4.39 Å². The van der Waals surface area contributed by atoms with Crippen LogP contribution in [-0.4, -0.2) is 40.5 Å². The van der Waals surface area contributed by atoms with Crippen LogP contribution < -0.4 is 0 Å². The number of rotatable bonds is 4. The molecule has 5 nitrogen and oxygen atoms in total. The van der Waals surface area contributed by atoms with Crippen molar-refractivity contribution in [1.29, 1.82) is 0 Å². The van der Waals surface area contributed by atoms with E-state index < -0.39 is 0 Å². The van der Waals surface area contributed by atoms with Gasteiger partial charge >= 0.3 is 0 Å². The Balaban J connectivity index is 1.49. The molecule has 0 saturated carbocycles. The van der Waals surface area contributed by atoms with E-state index in [2.05, 4.69) is 9.97 Å². The minimum absolute atomic E-state index is 0.0658. The molecule has 0 spiro atoms. The molecule has 4 rings (SSSR count). The van der Waals surface area contributed by atoms with E-state index in [4.69, 9.17) is 4.74 Å². The zero-order valence-electron chi connectivity index (χ0n) is 15.3. The maximum absolute atomic E-state index is 13.9. The second-order valence-corrected chi connectivity index (χ2v) is 6.67. The Kier molecular flexibility index (Phi) is 5.39. The predicted molar refractivity (Wildman–Crippen MR) is 102 cm³/mol. The van der Waals surface area contributed by atoms with E-state index in [-0.39, 0.29) is 17.8 Å². The number of halogens is 1. The van der Waals surface area contributed by atoms with E-state index in [1.807, 2.05) is 24.3 Å². The Hall–Kier alpha value is -3.12. The first-order valence-corrected chi connectivity index (χ1v) is 9.21. The van der Waals surface area contributed by atoms with Crippen molar-refractivity contribution >= 4 is 5.91 Å². The molecule has 1 aromatic carbocycles. The highest BCUT2D eigenvalue weighted by Gasteiger charge is 2.27. The summed E-state index contributed by atoms with van der Waals surface area (Å²) in [4.78, 5) is 23.1. The van der Waals surface area contributed by atoms with Crippen molar-refractivity contribution in [1.82, 2.24) is 14.9 Å². The van der Waals surface area contributed by atoms with Crippen LogP contribution in [0, 0.1) is 5.82 Å². The van der Waals surface area contributed by atoms with Gasteiger partial charge in [0.15, 0.2) is 0 Å². The minimum Gasteiger partial charge on any atom is -0.368 e. The highest BCUT2D eigenvalue weighted by molar-refractivity contribution is 5.93. The monoisotopic (exact) mass is 377 g/mol. The Labute approximate surface area is 162 Å². The smallest absolute Gasteiger partial charge is 0.255 e. The van der Waals surface area contributed by atoms with Crippen LogP contribution in [0.25, 0.3) is 0 Å². The molecule has 142 valence electrons. The van der Waals surface area contributed by atoms with Gasteiger partial charge in [-0.05, 0) is 35.9 Å². The Morgan fingerprint density at radius 3 is 2.86 bits per heavy atom. The second kappa shape index (κ2) is 8.27. The third kappa shape index (κ3) is 4.07. The fraction of sp³-hybridized carbons (Fsp3) is 0.227. The van der Waals surface area contributed by atoms with Crippen LogP contribution in [0.4, 0.5) is 4.39 Å². The Morgan fingerprint density at radius 1 is 1.14 bits per heavy atom. The lowest BCUT2D eigenvalue weighted by molar-refractivity contribution is -0.0248. The zero-order valence-corrected chi connectivity index (χ0v) is 15.3. The van der Waals surface area contributed by atoms with Crippen molar-refractivity contribution in [2.24, 2.45) is 0 Å². The fourth-order valence-electron chi connectivity index (χ4n) is 3.30. The lowest BCUT2D eigenvalue weighted by Crippen LogP contribution is -2.42. The number of aromatic nitrogens is 2. The topological polar surface area (TPSA) is 55.3 Å². The number of carbonyl (C=O) groups excluding carboxylic acids is 1. The van der Waals surface area contributed by atoms with Crippen LogP contribution in [0.5, 0.6) is 0 Å². The number of benzene rings is 1. The standard InChI is InChI=1S/C22H20FN3O2/c23-19-8-2-1-5-16(19)13-18-7-3-9-20(25-18)21-15-26(11-12-28-21)22(27)17-6-4-10-24-14-17/h1-10,14,21H,11-13,15H2/t21-/m1/s1. The lowest BCUT2D eigenvalue weighted by atomic mass is 10.1. The van der Waals surface area contributed by atoms with Gasteiger partial charge in [-0.3, -0.25) is 14.8 Å². The normalized spacial score (nSPS) is 16.8. The molecule has 1 aliphatic heterocycles. The highest BCUT2D eigenvalue weighted by Crippen LogP contribution is 2.23. The van der Waals surface area contributed by atoms with Crippen molar-refractivity contribution in [2.45, 2.75) is 12.5 Å². The number of ether oxygens (including phenoxy) is 1. The van der Waals surface area contributed by atoms with Gasteiger partial charge in [-0.2, -0.15) is 0 Å². The summed E-state index contributed by atoms with van der Waals surface area (Å²) in [6.07, 6.45) is 3.31. The Bertz CT molecular complexity index is 965. The SMILES string of the molecule is O=C(c1cccnc1)N1CCO[C@@H](c2cccc(Cc3ccccc3F)n2)C1. The number of nitrogens with zero attached hydrogens (tertiary/aromatic N) is 3. The van der Waals surface area contributed by atoms with E-state index in [9.17, 15) is 9.18 Å². The van der Waals surface area contributed by atoms with Gasteiger partial charge in [-0.1, -0.05) is 24.3 Å². The van der Waals surface area contributed by atoms with Crippen molar-refractivity contribution in [2.75, 3.05) is 19.7 Å². The van der Waals surface area contributed by atoms with Gasteiger partial charge in [0, 0.05) is 31.1 Å². The summed E-state index contributed by atoms with van der Waals surface area (Å²) >= 11 is 0. The number of morpholine rings is 1. The van der Waals surface area contributed by atoms with Crippen LogP contribution in [0.15, 0.2) is 67.0 Å². The van der Waals surface area contributed by atoms with E-state index >= 15 is 0 Å². The molecule has 1 aliphatic rings. The summed E-state index contributed by atoms with van der Waals surface area (Å²) in [5.74, 6) is -0.305. The van der Waals surface area contributed by atoms with Crippen LogP contribution in [-0.2, 0) is 11.2 Å². The first-order chi connectivity index (χ1) is 13.7. The molecule has 6 heteroatoms. The van der Waals surface area contributed by atoms with Crippen molar-refractivity contribution in [3.8, 4) is 0 Å². The molecular formula is C22H20FN3O2. The van der Waals surface area contributed by atoms with Crippen LogP contribution >= 0.6 is 0 Å². The molecule has 28 heavy (non-hydrogen) atoms. The number of hydrogen-bond acceptors (Lipinski definition) is 4. The molecule has 0 unspecified atom stereocenters. The summed E-state index contributed by atoms with van der Waals surface area (Å²) < 4.78 is 19.8. The van der Waals surface area contributed by atoms with Crippen molar-refractivity contribution < 1.29 is 13.9 Å². The van der Waals surface area contributed by atoms with Gasteiger partial charge in [0.1, 0.15) is 11.9 Å². The summed E-state index contributed by atoms with van der Waals surface area (Å²) in [7, 11) is 0. The largest absolute Gasteiger partial charge is 0.368 e. The van der Waals surface area contributed by atoms with Crippen LogP contribution in [0.3, 0.4) is 0 Å². The summed E-state index contributed by atoms with van der Waals surface area (Å²) in [5, 5.41) is 0. The van der Waals surface area contributed by atoms with Crippen molar-refractivity contribution in [3.63, 3.8) is 0 Å². The van der Waals surface area contributed by atoms with E-state index in [0.29, 0.717) is 37.2 Å². The van der Waals surface area contributed by atoms with Crippen LogP contribution in [0.2, 0.25) is 0 Å². The van der Waals surface area contributed by atoms with E-state index in [1.165, 1.54) is 6.07 Å². The highest BCUT2D eigenvalue weighted by atomic mass is 19.1. The third-order valence-electron chi connectivity index (χ3n) is 4.75. The molecular weight excluding hydrogens is 357 g/mol. The number of pyridine rings is 2. The maximum atomic E-state index is 13.9. The molecule has 2 aromatic heterocycles. The summed E-state index contributed by atoms with van der Waals surface area (Å²) in [6.45, 7) is 1.39. The molecule has 1 saturated heterocycles. The lowest BCUT2D eigenvalue weighted by Gasteiger charge is -2.32. The molecule has 0 bridgehead atoms. The zero-order chi connectivity index (χ0) is 19.3. The van der Waals surface area contributed by atoms with Crippen LogP contribution in [0.1, 0.15) is 33.4 Å². The quantitative estimate of drug-likeness (QED) is 0.699. The number of hydrogen-bond donors (Lipinski definition) is 0. The average molecular weight is 377 g/mol. The fourth-order valence-corrected chi connectivity index (χ4v) is 3.30. The van der Waals surface area contributed by atoms with E-state index in [0.717, 1.165) is 11.4 Å². The molecule has 0 N–H and O–H groups in total. The van der Waals surface area contributed by atoms with Gasteiger partial charge in [0.05, 0.1) is 24.4 Å². The second-order valence-electron chi connectivity index (χ2n) is 6.67. The summed E-state index contributed by atoms with van der Waals surface area (Å²) in [5.41, 5.74) is 2.67. The molecule has 1 amide bonds. The molecule has 0 radical (unpaired) electrons. The number of carbonyl (C=O) groups is 1. The Morgan fingerprint density at radius 2 is 2.04 bits per heavy atom. The minimum atomic E-state index is -0.310. The summed E-state index contributed by atoms with van der Waals surface area (Å²) in [6, 6.07) is 15.8.